The number of benzene rings is 2. The van der Waals surface area contributed by atoms with E-state index in [1.54, 1.807) is 25.2 Å². The maximum atomic E-state index is 12.7. The minimum Gasteiger partial charge on any atom is -0.434 e. The van der Waals surface area contributed by atoms with E-state index < -0.39 is 6.61 Å². The average Bonchev–Trinajstić information content (AvgIpc) is 3.14. The van der Waals surface area contributed by atoms with E-state index >= 15 is 0 Å². The Morgan fingerprint density at radius 2 is 1.91 bits per heavy atom. The monoisotopic (exact) mass is 558 g/mol. The number of nitrogens with one attached hydrogen (secondary N) is 2. The molecule has 6 nitrogen and oxygen atoms in total. The van der Waals surface area contributed by atoms with Crippen LogP contribution in [-0.2, 0) is 24.4 Å². The number of nitrogens with zero attached hydrogens (tertiary/aromatic N) is 2. The molecular formula is C23H29F2IN4O2. The maximum absolute atomic E-state index is 12.7. The number of amides is 1. The second-order valence-electron chi connectivity index (χ2n) is 7.51. The van der Waals surface area contributed by atoms with E-state index in [4.69, 9.17) is 0 Å². The molecule has 1 fully saturated rings. The Bertz CT molecular complexity index is 940. The SMILES string of the molecule is CN=C(NCc1cccc(CN2CCCC2=O)c1)NCc1cc(C)ccc1OC(F)F.I. The number of halogens is 3. The normalized spacial score (nSPS) is 13.8. The molecule has 1 amide bonds. The van der Waals surface area contributed by atoms with E-state index in [-0.39, 0.29) is 35.6 Å². The molecule has 3 rings (SSSR count). The molecule has 1 saturated heterocycles. The van der Waals surface area contributed by atoms with Crippen molar-refractivity contribution >= 4 is 35.8 Å². The van der Waals surface area contributed by atoms with Crippen molar-refractivity contribution in [1.82, 2.24) is 15.5 Å². The summed E-state index contributed by atoms with van der Waals surface area (Å²) in [5, 5.41) is 6.37. The van der Waals surface area contributed by atoms with Crippen LogP contribution in [0.4, 0.5) is 8.78 Å². The predicted molar refractivity (Wildman–Crippen MR) is 131 cm³/mol. The van der Waals surface area contributed by atoms with Crippen LogP contribution in [0, 0.1) is 6.92 Å². The minimum atomic E-state index is -2.87. The first kappa shape index (κ1) is 25.8. The third-order valence-electron chi connectivity index (χ3n) is 5.10. The fourth-order valence-corrected chi connectivity index (χ4v) is 3.57. The van der Waals surface area contributed by atoms with Crippen LogP contribution in [0.25, 0.3) is 0 Å². The molecule has 1 aliphatic heterocycles. The number of guanidine groups is 1. The van der Waals surface area contributed by atoms with Gasteiger partial charge in [0, 0.05) is 45.2 Å². The van der Waals surface area contributed by atoms with Crippen LogP contribution in [0.5, 0.6) is 5.75 Å². The summed E-state index contributed by atoms with van der Waals surface area (Å²) in [5.41, 5.74) is 3.73. The summed E-state index contributed by atoms with van der Waals surface area (Å²) in [6.07, 6.45) is 1.56. The quantitative estimate of drug-likeness (QED) is 0.290. The lowest BCUT2D eigenvalue weighted by atomic mass is 10.1. The second-order valence-corrected chi connectivity index (χ2v) is 7.51. The minimum absolute atomic E-state index is 0. The molecule has 2 N–H and O–H groups in total. The number of rotatable bonds is 8. The van der Waals surface area contributed by atoms with Gasteiger partial charge in [-0.25, -0.2) is 0 Å². The van der Waals surface area contributed by atoms with Crippen molar-refractivity contribution in [2.24, 2.45) is 4.99 Å². The molecule has 0 unspecified atom stereocenters. The topological polar surface area (TPSA) is 66.0 Å². The van der Waals surface area contributed by atoms with Gasteiger partial charge in [0.15, 0.2) is 5.96 Å². The van der Waals surface area contributed by atoms with Crippen molar-refractivity contribution in [3.05, 3.63) is 64.7 Å². The van der Waals surface area contributed by atoms with Gasteiger partial charge in [-0.15, -0.1) is 24.0 Å². The van der Waals surface area contributed by atoms with Crippen molar-refractivity contribution in [2.75, 3.05) is 13.6 Å². The van der Waals surface area contributed by atoms with Gasteiger partial charge in [0.2, 0.25) is 5.91 Å². The molecule has 0 aromatic heterocycles. The van der Waals surface area contributed by atoms with Gasteiger partial charge in [-0.05, 0) is 30.5 Å². The molecule has 0 atom stereocenters. The predicted octanol–water partition coefficient (Wildman–Crippen LogP) is 4.20. The van der Waals surface area contributed by atoms with E-state index in [1.807, 2.05) is 30.0 Å². The van der Waals surface area contributed by atoms with Crippen molar-refractivity contribution in [2.45, 2.75) is 46.0 Å². The number of carbonyl (C=O) groups excluding carboxylic acids is 1. The molecular weight excluding hydrogens is 529 g/mol. The zero-order valence-electron chi connectivity index (χ0n) is 18.2. The number of hydrogen-bond donors (Lipinski definition) is 2. The van der Waals surface area contributed by atoms with Gasteiger partial charge in [-0.1, -0.05) is 42.0 Å². The van der Waals surface area contributed by atoms with Crippen LogP contribution in [0.3, 0.4) is 0 Å². The van der Waals surface area contributed by atoms with Crippen LogP contribution in [0.15, 0.2) is 47.5 Å². The van der Waals surface area contributed by atoms with E-state index in [0.29, 0.717) is 37.6 Å². The zero-order chi connectivity index (χ0) is 22.2. The summed E-state index contributed by atoms with van der Waals surface area (Å²) >= 11 is 0. The lowest BCUT2D eigenvalue weighted by Crippen LogP contribution is -2.36. The Morgan fingerprint density at radius 3 is 2.59 bits per heavy atom. The molecule has 0 saturated carbocycles. The molecule has 2 aromatic carbocycles. The lowest BCUT2D eigenvalue weighted by Gasteiger charge is -2.17. The Kier molecular flexibility index (Phi) is 10.1. The van der Waals surface area contributed by atoms with Crippen LogP contribution < -0.4 is 15.4 Å². The molecule has 2 aromatic rings. The molecule has 0 radical (unpaired) electrons. The number of hydrogen-bond acceptors (Lipinski definition) is 3. The molecule has 1 aliphatic rings. The summed E-state index contributed by atoms with van der Waals surface area (Å²) in [6.45, 7) is 1.29. The molecule has 9 heteroatoms. The number of alkyl halides is 2. The van der Waals surface area contributed by atoms with E-state index in [2.05, 4.69) is 26.4 Å². The highest BCUT2D eigenvalue weighted by Crippen LogP contribution is 2.22. The summed E-state index contributed by atoms with van der Waals surface area (Å²) < 4.78 is 29.9. The van der Waals surface area contributed by atoms with E-state index in [9.17, 15) is 13.6 Å². The highest BCUT2D eigenvalue weighted by Gasteiger charge is 2.20. The van der Waals surface area contributed by atoms with Gasteiger partial charge < -0.3 is 20.3 Å². The highest BCUT2D eigenvalue weighted by atomic mass is 127. The molecule has 32 heavy (non-hydrogen) atoms. The van der Waals surface area contributed by atoms with Crippen LogP contribution in [0.2, 0.25) is 0 Å². The first-order chi connectivity index (χ1) is 14.9. The van der Waals surface area contributed by atoms with Crippen molar-refractivity contribution in [3.63, 3.8) is 0 Å². The Labute approximate surface area is 204 Å². The zero-order valence-corrected chi connectivity index (χ0v) is 20.6. The summed E-state index contributed by atoms with van der Waals surface area (Å²) in [4.78, 5) is 17.9. The van der Waals surface area contributed by atoms with Gasteiger partial charge in [0.1, 0.15) is 5.75 Å². The Balaban J connectivity index is 0.00000363. The average molecular weight is 558 g/mol. The van der Waals surface area contributed by atoms with Gasteiger partial charge in [-0.2, -0.15) is 8.78 Å². The van der Waals surface area contributed by atoms with Crippen molar-refractivity contribution in [3.8, 4) is 5.75 Å². The number of aliphatic imine (C=N–C) groups is 1. The van der Waals surface area contributed by atoms with Crippen molar-refractivity contribution < 1.29 is 18.3 Å². The van der Waals surface area contributed by atoms with Gasteiger partial charge >= 0.3 is 6.61 Å². The fraction of sp³-hybridized carbons (Fsp3) is 0.391. The number of carbonyl (C=O) groups is 1. The first-order valence-corrected chi connectivity index (χ1v) is 10.3. The van der Waals surface area contributed by atoms with Crippen LogP contribution in [0.1, 0.15) is 35.1 Å². The summed E-state index contributed by atoms with van der Waals surface area (Å²) in [5.74, 6) is 0.900. The number of likely N-dealkylation sites (tertiary alicyclic amines) is 1. The molecule has 0 bridgehead atoms. The third kappa shape index (κ3) is 7.61. The van der Waals surface area contributed by atoms with Gasteiger partial charge in [-0.3, -0.25) is 9.79 Å². The Morgan fingerprint density at radius 1 is 1.16 bits per heavy atom. The standard InChI is InChI=1S/C23H28F2N4O2.HI/c1-16-8-9-20(31-22(24)25)19(11-16)14-28-23(26-2)27-13-17-5-3-6-18(12-17)15-29-10-4-7-21(29)30;/h3,5-6,8-9,11-12,22H,4,7,10,13-15H2,1-2H3,(H2,26,27,28);1H. The van der Waals surface area contributed by atoms with Crippen LogP contribution >= 0.6 is 24.0 Å². The van der Waals surface area contributed by atoms with Crippen LogP contribution in [-0.4, -0.2) is 37.0 Å². The fourth-order valence-electron chi connectivity index (χ4n) is 3.57. The number of aryl methyl sites for hydroxylation is 1. The summed E-state index contributed by atoms with van der Waals surface area (Å²) in [7, 11) is 1.65. The smallest absolute Gasteiger partial charge is 0.387 e. The van der Waals surface area contributed by atoms with Crippen molar-refractivity contribution in [1.29, 1.82) is 0 Å². The maximum Gasteiger partial charge on any atom is 0.387 e. The molecule has 0 aliphatic carbocycles. The lowest BCUT2D eigenvalue weighted by molar-refractivity contribution is -0.128. The van der Waals surface area contributed by atoms with Gasteiger partial charge in [0.05, 0.1) is 0 Å². The molecule has 0 spiro atoms. The molecule has 1 heterocycles. The first-order valence-electron chi connectivity index (χ1n) is 10.3. The van der Waals surface area contributed by atoms with E-state index in [1.165, 1.54) is 0 Å². The van der Waals surface area contributed by atoms with Gasteiger partial charge in [0.25, 0.3) is 0 Å². The Hall–Kier alpha value is -2.43. The summed E-state index contributed by atoms with van der Waals surface area (Å²) in [6, 6.07) is 13.2. The number of ether oxygens (including phenoxy) is 1. The largest absolute Gasteiger partial charge is 0.434 e. The molecule has 174 valence electrons. The highest BCUT2D eigenvalue weighted by molar-refractivity contribution is 14.0. The second kappa shape index (κ2) is 12.6. The third-order valence-corrected chi connectivity index (χ3v) is 5.10. The van der Waals surface area contributed by atoms with E-state index in [0.717, 1.165) is 29.7 Å².